The maximum absolute atomic E-state index is 5.40. The van der Waals surface area contributed by atoms with E-state index in [1.807, 2.05) is 54.6 Å². The van der Waals surface area contributed by atoms with E-state index in [0.29, 0.717) is 0 Å². The van der Waals surface area contributed by atoms with E-state index in [-0.39, 0.29) is 0 Å². The van der Waals surface area contributed by atoms with Crippen molar-refractivity contribution < 1.29 is 9.47 Å². The van der Waals surface area contributed by atoms with Gasteiger partial charge in [0, 0.05) is 16.1 Å². The van der Waals surface area contributed by atoms with E-state index in [1.165, 1.54) is 0 Å². The summed E-state index contributed by atoms with van der Waals surface area (Å²) in [7, 11) is 3.28. The van der Waals surface area contributed by atoms with Crippen LogP contribution in [0.4, 0.5) is 0 Å². The average Bonchev–Trinajstić information content (AvgIpc) is 2.53. The summed E-state index contributed by atoms with van der Waals surface area (Å²) in [4.78, 5) is 0. The molecule has 21 heavy (non-hydrogen) atoms. The van der Waals surface area contributed by atoms with Crippen LogP contribution in [0, 0.1) is 0 Å². The van der Waals surface area contributed by atoms with E-state index in [4.69, 9.17) is 9.47 Å². The minimum absolute atomic E-state index is 0.746. The molecule has 2 aromatic rings. The van der Waals surface area contributed by atoms with Crippen molar-refractivity contribution in [2.75, 3.05) is 14.2 Å². The van der Waals surface area contributed by atoms with Crippen molar-refractivity contribution in [2.24, 2.45) is 0 Å². The molecule has 0 fully saturated rings. The van der Waals surface area contributed by atoms with Crippen LogP contribution in [-0.4, -0.2) is 14.2 Å². The molecule has 0 amide bonds. The molecule has 0 N–H and O–H groups in total. The van der Waals surface area contributed by atoms with E-state index < -0.39 is 0 Å². The second kappa shape index (κ2) is 7.14. The van der Waals surface area contributed by atoms with Crippen molar-refractivity contribution in [3.8, 4) is 11.5 Å². The summed E-state index contributed by atoms with van der Waals surface area (Å²) in [6.45, 7) is 4.11. The Hall–Kier alpha value is -2.00. The molecular formula is C18H17BrO2. The van der Waals surface area contributed by atoms with Crippen LogP contribution < -0.4 is 9.47 Å². The SMILES string of the molecule is C=C(/C=C/c1ccccc1Br)c1ccc(OC)cc1OC. The van der Waals surface area contributed by atoms with E-state index in [2.05, 4.69) is 22.5 Å². The van der Waals surface area contributed by atoms with Crippen molar-refractivity contribution >= 4 is 27.6 Å². The Morgan fingerprint density at radius 1 is 1.10 bits per heavy atom. The number of benzene rings is 2. The molecule has 0 aliphatic heterocycles. The molecule has 2 nitrogen and oxygen atoms in total. The molecule has 0 saturated heterocycles. The molecule has 3 heteroatoms. The molecule has 0 heterocycles. The first-order chi connectivity index (χ1) is 10.2. The fourth-order valence-electron chi connectivity index (χ4n) is 1.95. The highest BCUT2D eigenvalue weighted by Crippen LogP contribution is 2.30. The first-order valence-electron chi connectivity index (χ1n) is 6.49. The van der Waals surface area contributed by atoms with E-state index in [0.717, 1.165) is 32.7 Å². The zero-order valence-electron chi connectivity index (χ0n) is 12.1. The molecule has 0 aliphatic carbocycles. The van der Waals surface area contributed by atoms with Crippen LogP contribution >= 0.6 is 15.9 Å². The third-order valence-electron chi connectivity index (χ3n) is 3.12. The van der Waals surface area contributed by atoms with Gasteiger partial charge in [0.25, 0.3) is 0 Å². The van der Waals surface area contributed by atoms with Gasteiger partial charge in [0.05, 0.1) is 14.2 Å². The number of allylic oxidation sites excluding steroid dienone is 2. The first kappa shape index (κ1) is 15.4. The summed E-state index contributed by atoms with van der Waals surface area (Å²) in [5.74, 6) is 1.51. The van der Waals surface area contributed by atoms with E-state index >= 15 is 0 Å². The standard InChI is InChI=1S/C18H17BrO2/c1-13(8-9-14-6-4-5-7-17(14)19)16-11-10-15(20-2)12-18(16)21-3/h4-12H,1H2,2-3H3/b9-8+. The van der Waals surface area contributed by atoms with Crippen LogP contribution in [0.1, 0.15) is 11.1 Å². The molecule has 0 atom stereocenters. The van der Waals surface area contributed by atoms with Crippen LogP contribution in [0.3, 0.4) is 0 Å². The summed E-state index contributed by atoms with van der Waals surface area (Å²) in [6.07, 6.45) is 4.00. The lowest BCUT2D eigenvalue weighted by atomic mass is 10.0. The summed E-state index contributed by atoms with van der Waals surface area (Å²) in [5, 5.41) is 0. The third kappa shape index (κ3) is 3.76. The number of hydrogen-bond acceptors (Lipinski definition) is 2. The largest absolute Gasteiger partial charge is 0.497 e. The Kier molecular flexibility index (Phi) is 5.23. The number of methoxy groups -OCH3 is 2. The Balaban J connectivity index is 2.26. The minimum Gasteiger partial charge on any atom is -0.497 e. The highest BCUT2D eigenvalue weighted by molar-refractivity contribution is 9.10. The summed E-state index contributed by atoms with van der Waals surface area (Å²) in [5.41, 5.74) is 2.93. The highest BCUT2D eigenvalue weighted by atomic mass is 79.9. The molecule has 108 valence electrons. The van der Waals surface area contributed by atoms with Gasteiger partial charge < -0.3 is 9.47 Å². The summed E-state index contributed by atoms with van der Waals surface area (Å²) in [6, 6.07) is 13.7. The molecule has 0 aliphatic rings. The van der Waals surface area contributed by atoms with Gasteiger partial charge in [-0.05, 0) is 29.3 Å². The molecule has 0 unspecified atom stereocenters. The van der Waals surface area contributed by atoms with Gasteiger partial charge in [-0.1, -0.05) is 52.9 Å². The van der Waals surface area contributed by atoms with Gasteiger partial charge in [0.1, 0.15) is 11.5 Å². The average molecular weight is 345 g/mol. The Morgan fingerprint density at radius 3 is 2.52 bits per heavy atom. The minimum atomic E-state index is 0.746. The van der Waals surface area contributed by atoms with Crippen LogP contribution in [-0.2, 0) is 0 Å². The molecule has 2 rings (SSSR count). The molecule has 0 spiro atoms. The topological polar surface area (TPSA) is 18.5 Å². The lowest BCUT2D eigenvalue weighted by Gasteiger charge is -2.10. The summed E-state index contributed by atoms with van der Waals surface area (Å²) < 4.78 is 11.7. The van der Waals surface area contributed by atoms with E-state index in [1.54, 1.807) is 14.2 Å². The fraction of sp³-hybridized carbons (Fsp3) is 0.111. The molecule has 0 bridgehead atoms. The van der Waals surface area contributed by atoms with Gasteiger partial charge >= 0.3 is 0 Å². The second-order valence-corrected chi connectivity index (χ2v) is 5.30. The number of ether oxygens (including phenoxy) is 2. The normalized spacial score (nSPS) is 10.6. The fourth-order valence-corrected chi connectivity index (χ4v) is 2.37. The maximum atomic E-state index is 5.40. The quantitative estimate of drug-likeness (QED) is 0.694. The smallest absolute Gasteiger partial charge is 0.130 e. The predicted octanol–water partition coefficient (Wildman–Crippen LogP) is 5.19. The third-order valence-corrected chi connectivity index (χ3v) is 3.85. The maximum Gasteiger partial charge on any atom is 0.130 e. The number of halogens is 1. The van der Waals surface area contributed by atoms with Gasteiger partial charge in [-0.3, -0.25) is 0 Å². The number of rotatable bonds is 5. The van der Waals surface area contributed by atoms with Gasteiger partial charge in [0.15, 0.2) is 0 Å². The molecule has 0 saturated carbocycles. The van der Waals surface area contributed by atoms with Crippen molar-refractivity contribution in [3.05, 3.63) is 70.7 Å². The zero-order chi connectivity index (χ0) is 15.2. The van der Waals surface area contributed by atoms with Crippen LogP contribution in [0.25, 0.3) is 11.6 Å². The Bertz CT molecular complexity index is 675. The molecule has 0 radical (unpaired) electrons. The monoisotopic (exact) mass is 344 g/mol. The zero-order valence-corrected chi connectivity index (χ0v) is 13.7. The second-order valence-electron chi connectivity index (χ2n) is 4.45. The van der Waals surface area contributed by atoms with Gasteiger partial charge in [0.2, 0.25) is 0 Å². The Labute approximate surface area is 133 Å². The van der Waals surface area contributed by atoms with Crippen molar-refractivity contribution in [1.82, 2.24) is 0 Å². The molecule has 0 aromatic heterocycles. The lowest BCUT2D eigenvalue weighted by molar-refractivity contribution is 0.393. The van der Waals surface area contributed by atoms with Gasteiger partial charge in [-0.15, -0.1) is 0 Å². The summed E-state index contributed by atoms with van der Waals surface area (Å²) >= 11 is 3.53. The predicted molar refractivity (Wildman–Crippen MR) is 91.8 cm³/mol. The first-order valence-corrected chi connectivity index (χ1v) is 7.29. The van der Waals surface area contributed by atoms with Gasteiger partial charge in [-0.2, -0.15) is 0 Å². The Morgan fingerprint density at radius 2 is 1.86 bits per heavy atom. The van der Waals surface area contributed by atoms with Crippen LogP contribution in [0.2, 0.25) is 0 Å². The molecular weight excluding hydrogens is 328 g/mol. The van der Waals surface area contributed by atoms with E-state index in [9.17, 15) is 0 Å². The van der Waals surface area contributed by atoms with Crippen LogP contribution in [0.5, 0.6) is 11.5 Å². The lowest BCUT2D eigenvalue weighted by Crippen LogP contribution is -1.91. The van der Waals surface area contributed by atoms with Crippen LogP contribution in [0.15, 0.2) is 59.6 Å². The van der Waals surface area contributed by atoms with Crippen molar-refractivity contribution in [1.29, 1.82) is 0 Å². The highest BCUT2D eigenvalue weighted by Gasteiger charge is 2.06. The van der Waals surface area contributed by atoms with Gasteiger partial charge in [-0.25, -0.2) is 0 Å². The molecule has 2 aromatic carbocycles. The van der Waals surface area contributed by atoms with Crippen molar-refractivity contribution in [2.45, 2.75) is 0 Å². The van der Waals surface area contributed by atoms with Crippen molar-refractivity contribution in [3.63, 3.8) is 0 Å². The number of hydrogen-bond donors (Lipinski definition) is 0.